The Morgan fingerprint density at radius 3 is 2.78 bits per heavy atom. The van der Waals surface area contributed by atoms with Crippen molar-refractivity contribution in [1.82, 2.24) is 5.32 Å². The van der Waals surface area contributed by atoms with Crippen molar-refractivity contribution in [2.24, 2.45) is 0 Å². The number of rotatable bonds is 4. The molecule has 18 heavy (non-hydrogen) atoms. The summed E-state index contributed by atoms with van der Waals surface area (Å²) in [7, 11) is 0. The van der Waals surface area contributed by atoms with E-state index in [-0.39, 0.29) is 0 Å². The van der Waals surface area contributed by atoms with Crippen LogP contribution in [0, 0.1) is 15.9 Å². The lowest BCUT2D eigenvalue weighted by Gasteiger charge is -2.22. The van der Waals surface area contributed by atoms with Crippen molar-refractivity contribution in [3.05, 3.63) is 39.7 Å². The van der Waals surface area contributed by atoms with Crippen LogP contribution in [0.1, 0.15) is 18.4 Å². The van der Waals surface area contributed by atoms with Gasteiger partial charge in [-0.05, 0) is 36.0 Å². The Balaban J connectivity index is 1.93. The minimum Gasteiger partial charge on any atom is -0.310 e. The Kier molecular flexibility index (Phi) is 4.54. The van der Waals surface area contributed by atoms with E-state index in [9.17, 15) is 14.5 Å². The zero-order chi connectivity index (χ0) is 13.0. The highest BCUT2D eigenvalue weighted by Crippen LogP contribution is 2.19. The van der Waals surface area contributed by atoms with Gasteiger partial charge in [0.1, 0.15) is 0 Å². The van der Waals surface area contributed by atoms with Gasteiger partial charge in [-0.25, -0.2) is 0 Å². The second-order valence-electron chi connectivity index (χ2n) is 4.31. The molecular weight excluding hydrogens is 255 g/mol. The van der Waals surface area contributed by atoms with Crippen LogP contribution in [0.15, 0.2) is 18.2 Å². The van der Waals surface area contributed by atoms with Gasteiger partial charge in [0.2, 0.25) is 5.82 Å². The highest BCUT2D eigenvalue weighted by molar-refractivity contribution is 7.99. The van der Waals surface area contributed by atoms with Crippen LogP contribution < -0.4 is 5.32 Å². The molecule has 0 bridgehead atoms. The van der Waals surface area contributed by atoms with E-state index in [1.807, 2.05) is 11.8 Å². The molecule has 1 fully saturated rings. The first-order chi connectivity index (χ1) is 8.66. The van der Waals surface area contributed by atoms with E-state index in [1.165, 1.54) is 12.1 Å². The maximum atomic E-state index is 13.4. The number of halogens is 1. The molecular formula is C12H15FN2O2S. The van der Waals surface area contributed by atoms with Crippen molar-refractivity contribution >= 4 is 17.4 Å². The Morgan fingerprint density at radius 1 is 1.44 bits per heavy atom. The minimum absolute atomic E-state index is 0.465. The quantitative estimate of drug-likeness (QED) is 0.675. The van der Waals surface area contributed by atoms with E-state index in [2.05, 4.69) is 5.32 Å². The lowest BCUT2D eigenvalue weighted by molar-refractivity contribution is -0.387. The van der Waals surface area contributed by atoms with Crippen molar-refractivity contribution in [3.8, 4) is 0 Å². The molecule has 6 heteroatoms. The molecule has 1 saturated heterocycles. The van der Waals surface area contributed by atoms with Gasteiger partial charge in [-0.1, -0.05) is 6.07 Å². The van der Waals surface area contributed by atoms with Crippen LogP contribution in [0.4, 0.5) is 10.1 Å². The Labute approximate surface area is 109 Å². The minimum atomic E-state index is -0.765. The van der Waals surface area contributed by atoms with Gasteiger partial charge in [0, 0.05) is 18.7 Å². The third-order valence-corrected chi connectivity index (χ3v) is 4.07. The maximum Gasteiger partial charge on any atom is 0.304 e. The predicted octanol–water partition coefficient (Wildman–Crippen LogP) is 2.72. The summed E-state index contributed by atoms with van der Waals surface area (Å²) < 4.78 is 13.4. The second kappa shape index (κ2) is 6.15. The molecule has 0 spiro atoms. The molecule has 1 N–H and O–H groups in total. The molecule has 1 aliphatic rings. The van der Waals surface area contributed by atoms with Crippen LogP contribution in [-0.4, -0.2) is 22.5 Å². The summed E-state index contributed by atoms with van der Waals surface area (Å²) in [5, 5.41) is 13.8. The standard InChI is InChI=1S/C12H15FN2O2S/c13-11-7-9(1-2-12(11)15(16)17)8-14-10-3-5-18-6-4-10/h1-2,7,10,14H,3-6,8H2. The summed E-state index contributed by atoms with van der Waals surface area (Å²) in [6, 6.07) is 4.54. The molecule has 0 aromatic heterocycles. The van der Waals surface area contributed by atoms with E-state index < -0.39 is 16.4 Å². The first-order valence-electron chi connectivity index (χ1n) is 5.91. The zero-order valence-electron chi connectivity index (χ0n) is 9.89. The maximum absolute atomic E-state index is 13.4. The molecule has 0 radical (unpaired) electrons. The van der Waals surface area contributed by atoms with E-state index in [0.29, 0.717) is 12.6 Å². The number of nitrogens with one attached hydrogen (secondary N) is 1. The normalized spacial score (nSPS) is 16.7. The summed E-state index contributed by atoms with van der Waals surface area (Å²) in [5.41, 5.74) is 0.282. The summed E-state index contributed by atoms with van der Waals surface area (Å²) >= 11 is 1.95. The van der Waals surface area contributed by atoms with Gasteiger partial charge in [-0.15, -0.1) is 0 Å². The number of nitro benzene ring substituents is 1. The van der Waals surface area contributed by atoms with E-state index >= 15 is 0 Å². The molecule has 2 rings (SSSR count). The Hall–Kier alpha value is -1.14. The predicted molar refractivity (Wildman–Crippen MR) is 70.2 cm³/mol. The summed E-state index contributed by atoms with van der Waals surface area (Å²) in [6.45, 7) is 0.560. The number of hydrogen-bond acceptors (Lipinski definition) is 4. The molecule has 1 aromatic carbocycles. The van der Waals surface area contributed by atoms with Gasteiger partial charge in [-0.2, -0.15) is 16.2 Å². The summed E-state index contributed by atoms with van der Waals surface area (Å²) in [5.74, 6) is 1.55. The molecule has 0 amide bonds. The average molecular weight is 270 g/mol. The lowest BCUT2D eigenvalue weighted by Crippen LogP contribution is -2.32. The number of thioether (sulfide) groups is 1. The first-order valence-corrected chi connectivity index (χ1v) is 7.06. The fourth-order valence-electron chi connectivity index (χ4n) is 1.97. The smallest absolute Gasteiger partial charge is 0.304 e. The SMILES string of the molecule is O=[N+]([O-])c1ccc(CNC2CCSCC2)cc1F. The van der Waals surface area contributed by atoms with Gasteiger partial charge < -0.3 is 5.32 Å². The van der Waals surface area contributed by atoms with Crippen LogP contribution in [0.3, 0.4) is 0 Å². The molecule has 1 heterocycles. The lowest BCUT2D eigenvalue weighted by atomic mass is 10.1. The molecule has 0 atom stereocenters. The number of nitro groups is 1. The highest BCUT2D eigenvalue weighted by Gasteiger charge is 2.15. The van der Waals surface area contributed by atoms with Crippen LogP contribution in [0.25, 0.3) is 0 Å². The molecule has 98 valence electrons. The fourth-order valence-corrected chi connectivity index (χ4v) is 3.08. The Morgan fingerprint density at radius 2 is 2.17 bits per heavy atom. The molecule has 4 nitrogen and oxygen atoms in total. The molecule has 1 aromatic rings. The van der Waals surface area contributed by atoms with E-state index in [0.717, 1.165) is 29.9 Å². The van der Waals surface area contributed by atoms with Crippen molar-refractivity contribution in [2.75, 3.05) is 11.5 Å². The highest BCUT2D eigenvalue weighted by atomic mass is 32.2. The fraction of sp³-hybridized carbons (Fsp3) is 0.500. The molecule has 1 aliphatic heterocycles. The first kappa shape index (κ1) is 13.3. The van der Waals surface area contributed by atoms with Crippen LogP contribution >= 0.6 is 11.8 Å². The number of hydrogen-bond donors (Lipinski definition) is 1. The van der Waals surface area contributed by atoms with Gasteiger partial charge in [0.25, 0.3) is 0 Å². The molecule has 0 aliphatic carbocycles. The largest absolute Gasteiger partial charge is 0.310 e. The molecule has 0 saturated carbocycles. The average Bonchev–Trinajstić information content (AvgIpc) is 2.37. The van der Waals surface area contributed by atoms with E-state index in [1.54, 1.807) is 6.07 Å². The number of benzene rings is 1. The van der Waals surface area contributed by atoms with Crippen molar-refractivity contribution in [1.29, 1.82) is 0 Å². The molecule has 0 unspecified atom stereocenters. The van der Waals surface area contributed by atoms with Crippen molar-refractivity contribution in [2.45, 2.75) is 25.4 Å². The van der Waals surface area contributed by atoms with Gasteiger partial charge in [0.05, 0.1) is 4.92 Å². The third-order valence-electron chi connectivity index (χ3n) is 3.02. The van der Waals surface area contributed by atoms with Gasteiger partial charge in [0.15, 0.2) is 0 Å². The van der Waals surface area contributed by atoms with Crippen LogP contribution in [0.2, 0.25) is 0 Å². The number of nitrogens with zero attached hydrogens (tertiary/aromatic N) is 1. The third kappa shape index (κ3) is 3.43. The van der Waals surface area contributed by atoms with Crippen LogP contribution in [-0.2, 0) is 6.54 Å². The van der Waals surface area contributed by atoms with Gasteiger partial charge in [-0.3, -0.25) is 10.1 Å². The van der Waals surface area contributed by atoms with Crippen LogP contribution in [0.5, 0.6) is 0 Å². The summed E-state index contributed by atoms with van der Waals surface area (Å²) in [6.07, 6.45) is 2.25. The zero-order valence-corrected chi connectivity index (χ0v) is 10.7. The Bertz CT molecular complexity index is 436. The van der Waals surface area contributed by atoms with Crippen molar-refractivity contribution < 1.29 is 9.31 Å². The van der Waals surface area contributed by atoms with E-state index in [4.69, 9.17) is 0 Å². The summed E-state index contributed by atoms with van der Waals surface area (Å²) in [4.78, 5) is 9.78. The second-order valence-corrected chi connectivity index (χ2v) is 5.54. The van der Waals surface area contributed by atoms with Crippen molar-refractivity contribution in [3.63, 3.8) is 0 Å². The monoisotopic (exact) mass is 270 g/mol. The topological polar surface area (TPSA) is 55.2 Å². The van der Waals surface area contributed by atoms with Gasteiger partial charge >= 0.3 is 5.69 Å².